The van der Waals surface area contributed by atoms with E-state index in [1.807, 2.05) is 6.07 Å². The van der Waals surface area contributed by atoms with Crippen LogP contribution in [0, 0.1) is 13.8 Å². The smallest absolute Gasteiger partial charge is 0.0952 e. The van der Waals surface area contributed by atoms with Gasteiger partial charge in [0.05, 0.1) is 17.9 Å². The predicted octanol–water partition coefficient (Wildman–Crippen LogP) is 4.22. The maximum Gasteiger partial charge on any atom is 0.0952 e. The largest absolute Gasteiger partial charge is 0.472 e. The molecule has 0 aliphatic rings. The lowest BCUT2D eigenvalue weighted by Crippen LogP contribution is -1.95. The number of benzene rings is 1. The molecule has 1 nitrogen and oxygen atoms in total. The highest BCUT2D eigenvalue weighted by Crippen LogP contribution is 2.31. The number of aryl methyl sites for hydroxylation is 2. The number of hydrogen-bond donors (Lipinski definition) is 0. The van der Waals surface area contributed by atoms with Gasteiger partial charge < -0.3 is 4.42 Å². The van der Waals surface area contributed by atoms with Gasteiger partial charge in [0.15, 0.2) is 0 Å². The topological polar surface area (TPSA) is 13.1 Å². The summed E-state index contributed by atoms with van der Waals surface area (Å²) in [6.45, 7) is 4.16. The van der Waals surface area contributed by atoms with Crippen LogP contribution in [0.15, 0.2) is 41.2 Å². The first-order valence-electron chi connectivity index (χ1n) is 4.92. The van der Waals surface area contributed by atoms with E-state index in [1.54, 1.807) is 12.5 Å². The first kappa shape index (κ1) is 10.3. The second-order valence-electron chi connectivity index (χ2n) is 3.78. The summed E-state index contributed by atoms with van der Waals surface area (Å²) in [5, 5.41) is -0.121. The number of alkyl halides is 1. The molecule has 0 spiro atoms. The van der Waals surface area contributed by atoms with E-state index in [4.69, 9.17) is 16.0 Å². The first-order chi connectivity index (χ1) is 7.18. The van der Waals surface area contributed by atoms with Gasteiger partial charge in [-0.05, 0) is 31.0 Å². The number of halogens is 1. The Morgan fingerprint density at radius 3 is 2.60 bits per heavy atom. The highest BCUT2D eigenvalue weighted by atomic mass is 35.5. The third-order valence-electron chi connectivity index (χ3n) is 2.53. The summed E-state index contributed by atoms with van der Waals surface area (Å²) in [4.78, 5) is 0. The van der Waals surface area contributed by atoms with Gasteiger partial charge in [-0.15, -0.1) is 11.6 Å². The molecular formula is C13H13ClO. The average Bonchev–Trinajstić information content (AvgIpc) is 2.69. The van der Waals surface area contributed by atoms with Crippen LogP contribution in [0.4, 0.5) is 0 Å². The summed E-state index contributed by atoms with van der Waals surface area (Å²) >= 11 is 6.37. The van der Waals surface area contributed by atoms with Crippen molar-refractivity contribution in [3.05, 3.63) is 59.0 Å². The average molecular weight is 221 g/mol. The monoisotopic (exact) mass is 220 g/mol. The molecule has 1 atom stereocenters. The molecule has 0 aliphatic carbocycles. The minimum atomic E-state index is -0.121. The maximum atomic E-state index is 6.37. The Bertz CT molecular complexity index is 446. The summed E-state index contributed by atoms with van der Waals surface area (Å²) < 4.78 is 5.04. The molecule has 0 radical (unpaired) electrons. The summed E-state index contributed by atoms with van der Waals surface area (Å²) in [7, 11) is 0. The van der Waals surface area contributed by atoms with Crippen LogP contribution in [0.5, 0.6) is 0 Å². The summed E-state index contributed by atoms with van der Waals surface area (Å²) in [6.07, 6.45) is 3.34. The Hall–Kier alpha value is -1.21. The molecule has 0 amide bonds. The van der Waals surface area contributed by atoms with Gasteiger partial charge in [0.25, 0.3) is 0 Å². The van der Waals surface area contributed by atoms with Gasteiger partial charge in [-0.25, -0.2) is 0 Å². The first-order valence-corrected chi connectivity index (χ1v) is 5.35. The van der Waals surface area contributed by atoms with Gasteiger partial charge in [-0.3, -0.25) is 0 Å². The molecule has 78 valence electrons. The highest BCUT2D eigenvalue weighted by molar-refractivity contribution is 6.22. The van der Waals surface area contributed by atoms with E-state index in [9.17, 15) is 0 Å². The fraction of sp³-hybridized carbons (Fsp3) is 0.231. The molecular weight excluding hydrogens is 208 g/mol. The van der Waals surface area contributed by atoms with Crippen molar-refractivity contribution in [3.63, 3.8) is 0 Å². The SMILES string of the molecule is Cc1ccc(C(Cl)c2ccoc2)c(C)c1. The molecule has 0 saturated heterocycles. The van der Waals surface area contributed by atoms with E-state index in [-0.39, 0.29) is 5.38 Å². The van der Waals surface area contributed by atoms with Crippen molar-refractivity contribution in [1.82, 2.24) is 0 Å². The maximum absolute atomic E-state index is 6.37. The van der Waals surface area contributed by atoms with Crippen LogP contribution in [-0.2, 0) is 0 Å². The summed E-state index contributed by atoms with van der Waals surface area (Å²) in [5.41, 5.74) is 4.62. The molecule has 0 saturated carbocycles. The van der Waals surface area contributed by atoms with Crippen LogP contribution in [0.1, 0.15) is 27.6 Å². The second kappa shape index (κ2) is 4.11. The molecule has 0 aliphatic heterocycles. The van der Waals surface area contributed by atoms with E-state index in [2.05, 4.69) is 32.0 Å². The fourth-order valence-electron chi connectivity index (χ4n) is 1.71. The molecule has 0 N–H and O–H groups in total. The Morgan fingerprint density at radius 1 is 1.20 bits per heavy atom. The van der Waals surface area contributed by atoms with E-state index < -0.39 is 0 Å². The third kappa shape index (κ3) is 2.07. The fourth-order valence-corrected chi connectivity index (χ4v) is 2.08. The number of rotatable bonds is 2. The van der Waals surface area contributed by atoms with E-state index in [0.29, 0.717) is 0 Å². The molecule has 15 heavy (non-hydrogen) atoms. The molecule has 2 aromatic rings. The van der Waals surface area contributed by atoms with E-state index in [1.165, 1.54) is 11.1 Å². The van der Waals surface area contributed by atoms with Crippen LogP contribution in [0.25, 0.3) is 0 Å². The van der Waals surface area contributed by atoms with Gasteiger partial charge >= 0.3 is 0 Å². The standard InChI is InChI=1S/C13H13ClO/c1-9-3-4-12(10(2)7-9)13(14)11-5-6-15-8-11/h3-8,13H,1-2H3. The number of hydrogen-bond acceptors (Lipinski definition) is 1. The van der Waals surface area contributed by atoms with Crippen LogP contribution in [0.3, 0.4) is 0 Å². The van der Waals surface area contributed by atoms with Crippen LogP contribution in [0.2, 0.25) is 0 Å². The quantitative estimate of drug-likeness (QED) is 0.691. The van der Waals surface area contributed by atoms with Crippen molar-refractivity contribution in [1.29, 1.82) is 0 Å². The Balaban J connectivity index is 2.38. The van der Waals surface area contributed by atoms with E-state index in [0.717, 1.165) is 11.1 Å². The van der Waals surface area contributed by atoms with Crippen molar-refractivity contribution in [2.75, 3.05) is 0 Å². The molecule has 2 rings (SSSR count). The zero-order valence-electron chi connectivity index (χ0n) is 8.83. The minimum Gasteiger partial charge on any atom is -0.472 e. The van der Waals surface area contributed by atoms with Crippen LogP contribution in [-0.4, -0.2) is 0 Å². The lowest BCUT2D eigenvalue weighted by Gasteiger charge is -2.11. The molecule has 1 aromatic heterocycles. The highest BCUT2D eigenvalue weighted by Gasteiger charge is 2.13. The molecule has 1 heterocycles. The lowest BCUT2D eigenvalue weighted by atomic mass is 10.00. The van der Waals surface area contributed by atoms with Crippen molar-refractivity contribution in [2.45, 2.75) is 19.2 Å². The molecule has 2 heteroatoms. The second-order valence-corrected chi connectivity index (χ2v) is 4.22. The van der Waals surface area contributed by atoms with Crippen molar-refractivity contribution >= 4 is 11.6 Å². The Kier molecular flexibility index (Phi) is 2.83. The lowest BCUT2D eigenvalue weighted by molar-refractivity contribution is 0.564. The van der Waals surface area contributed by atoms with Gasteiger partial charge in [-0.2, -0.15) is 0 Å². The summed E-state index contributed by atoms with van der Waals surface area (Å²) in [5.74, 6) is 0. The minimum absolute atomic E-state index is 0.121. The van der Waals surface area contributed by atoms with Gasteiger partial charge in [0.1, 0.15) is 0 Å². The molecule has 1 unspecified atom stereocenters. The zero-order valence-corrected chi connectivity index (χ0v) is 9.58. The van der Waals surface area contributed by atoms with Crippen LogP contribution >= 0.6 is 11.6 Å². The van der Waals surface area contributed by atoms with Crippen molar-refractivity contribution in [2.24, 2.45) is 0 Å². The normalized spacial score (nSPS) is 12.7. The Morgan fingerprint density at radius 2 is 2.00 bits per heavy atom. The molecule has 0 bridgehead atoms. The van der Waals surface area contributed by atoms with Crippen molar-refractivity contribution in [3.8, 4) is 0 Å². The van der Waals surface area contributed by atoms with Crippen molar-refractivity contribution < 1.29 is 4.42 Å². The van der Waals surface area contributed by atoms with Gasteiger partial charge in [0.2, 0.25) is 0 Å². The van der Waals surface area contributed by atoms with Crippen LogP contribution < -0.4 is 0 Å². The number of furan rings is 1. The zero-order chi connectivity index (χ0) is 10.8. The van der Waals surface area contributed by atoms with Gasteiger partial charge in [0, 0.05) is 5.56 Å². The predicted molar refractivity (Wildman–Crippen MR) is 62.3 cm³/mol. The summed E-state index contributed by atoms with van der Waals surface area (Å²) in [6, 6.07) is 8.20. The third-order valence-corrected chi connectivity index (χ3v) is 3.02. The van der Waals surface area contributed by atoms with Gasteiger partial charge in [-0.1, -0.05) is 23.8 Å². The Labute approximate surface area is 94.7 Å². The molecule has 1 aromatic carbocycles. The van der Waals surface area contributed by atoms with E-state index >= 15 is 0 Å². The molecule has 0 fully saturated rings.